The van der Waals surface area contributed by atoms with E-state index in [9.17, 15) is 4.79 Å². The van der Waals surface area contributed by atoms with E-state index in [-0.39, 0.29) is 12.1 Å². The Labute approximate surface area is 187 Å². The van der Waals surface area contributed by atoms with E-state index in [0.717, 1.165) is 23.5 Å². The van der Waals surface area contributed by atoms with Gasteiger partial charge in [-0.15, -0.1) is 0 Å². The molecule has 0 aliphatic carbocycles. The summed E-state index contributed by atoms with van der Waals surface area (Å²) in [6.45, 7) is 6.35. The van der Waals surface area contributed by atoms with Crippen molar-refractivity contribution >= 4 is 18.0 Å². The molecule has 32 heavy (non-hydrogen) atoms. The average Bonchev–Trinajstić information content (AvgIpc) is 3.20. The lowest BCUT2D eigenvalue weighted by molar-refractivity contribution is 0.178. The number of nitrogens with zero attached hydrogens (tertiary/aromatic N) is 4. The number of hydrogen-bond acceptors (Lipinski definition) is 7. The molecule has 2 heterocycles. The third kappa shape index (κ3) is 4.80. The van der Waals surface area contributed by atoms with Crippen LogP contribution in [0.15, 0.2) is 54.6 Å². The summed E-state index contributed by atoms with van der Waals surface area (Å²) in [6.07, 6.45) is 0.970. The number of benzene rings is 2. The number of cyclic esters (lactones) is 1. The molecule has 4 rings (SSSR count). The molecule has 2 aromatic carbocycles. The molecule has 8 heteroatoms. The number of anilines is 2. The Hall–Kier alpha value is -3.68. The first-order valence-corrected chi connectivity index (χ1v) is 10.9. The molecular weight excluding hydrogens is 406 g/mol. The zero-order chi connectivity index (χ0) is 22.5. The van der Waals surface area contributed by atoms with Crippen LogP contribution in [-0.2, 0) is 11.2 Å². The minimum absolute atomic E-state index is 0.0618. The molecular formula is C24H27N5O3. The normalized spacial score (nSPS) is 16.5. The van der Waals surface area contributed by atoms with Crippen molar-refractivity contribution in [2.45, 2.75) is 45.7 Å². The lowest BCUT2D eigenvalue weighted by Gasteiger charge is -2.20. The smallest absolute Gasteiger partial charge is 0.417 e. The van der Waals surface area contributed by atoms with Gasteiger partial charge in [0.05, 0.1) is 12.1 Å². The molecule has 1 aliphatic heterocycles. The van der Waals surface area contributed by atoms with Gasteiger partial charge in [-0.3, -0.25) is 0 Å². The van der Waals surface area contributed by atoms with Crippen LogP contribution in [0.1, 0.15) is 44.6 Å². The minimum Gasteiger partial charge on any atom is -0.457 e. The van der Waals surface area contributed by atoms with Gasteiger partial charge in [-0.1, -0.05) is 44.2 Å². The number of hydrogen-bond donors (Lipinski definition) is 1. The second-order valence-electron chi connectivity index (χ2n) is 7.59. The Morgan fingerprint density at radius 3 is 2.47 bits per heavy atom. The van der Waals surface area contributed by atoms with Gasteiger partial charge in [-0.05, 0) is 43.2 Å². The molecule has 0 saturated carbocycles. The maximum atomic E-state index is 12.2. The fraction of sp³-hybridized carbons (Fsp3) is 0.333. The molecule has 1 N–H and O–H groups in total. The van der Waals surface area contributed by atoms with E-state index in [1.54, 1.807) is 0 Å². The van der Waals surface area contributed by atoms with Crippen LogP contribution in [-0.4, -0.2) is 33.7 Å². The number of ether oxygens (including phenoxy) is 2. The standard InChI is InChI=1S/C24H27N5O3/c1-4-18-15-31-24(30)29(18)23-27-21(5-2)26-22(28-23)25-16(3)17-11-13-20(14-12-17)32-19-9-7-6-8-10-19/h6-14,16,18H,4-5,15H2,1-3H3,(H,25,26,27,28)/t16-,18-/m0/s1. The molecule has 0 spiro atoms. The number of aromatic nitrogens is 3. The quantitative estimate of drug-likeness (QED) is 0.526. The van der Waals surface area contributed by atoms with Crippen LogP contribution in [0.3, 0.4) is 0 Å². The van der Waals surface area contributed by atoms with Crippen LogP contribution in [0.5, 0.6) is 11.5 Å². The summed E-state index contributed by atoms with van der Waals surface area (Å²) in [5, 5.41) is 3.33. The van der Waals surface area contributed by atoms with Crippen molar-refractivity contribution in [3.8, 4) is 11.5 Å². The molecule has 0 bridgehead atoms. The van der Waals surface area contributed by atoms with Crippen LogP contribution < -0.4 is 15.0 Å². The van der Waals surface area contributed by atoms with Crippen molar-refractivity contribution in [3.05, 3.63) is 66.0 Å². The SMILES string of the molecule is CCc1nc(N[C@@H](C)c2ccc(Oc3ccccc3)cc2)nc(N2C(=O)OC[C@@H]2CC)n1. The zero-order valence-electron chi connectivity index (χ0n) is 18.5. The number of aryl methyl sites for hydroxylation is 1. The second kappa shape index (κ2) is 9.64. The largest absolute Gasteiger partial charge is 0.457 e. The van der Waals surface area contributed by atoms with Gasteiger partial charge in [0.2, 0.25) is 11.9 Å². The fourth-order valence-corrected chi connectivity index (χ4v) is 3.47. The summed E-state index contributed by atoms with van der Waals surface area (Å²) in [5.41, 5.74) is 1.05. The molecule has 3 aromatic rings. The summed E-state index contributed by atoms with van der Waals surface area (Å²) in [5.74, 6) is 2.93. The number of amides is 1. The third-order valence-electron chi connectivity index (χ3n) is 5.34. The third-order valence-corrected chi connectivity index (χ3v) is 5.34. The van der Waals surface area contributed by atoms with E-state index in [1.165, 1.54) is 4.90 Å². The first-order valence-electron chi connectivity index (χ1n) is 10.9. The van der Waals surface area contributed by atoms with Crippen molar-refractivity contribution in [1.82, 2.24) is 15.0 Å². The van der Waals surface area contributed by atoms with Crippen LogP contribution >= 0.6 is 0 Å². The van der Waals surface area contributed by atoms with Gasteiger partial charge in [-0.2, -0.15) is 15.0 Å². The average molecular weight is 434 g/mol. The predicted molar refractivity (Wildman–Crippen MR) is 122 cm³/mol. The summed E-state index contributed by atoms with van der Waals surface area (Å²) < 4.78 is 11.1. The molecule has 0 radical (unpaired) electrons. The Morgan fingerprint density at radius 1 is 1.06 bits per heavy atom. The second-order valence-corrected chi connectivity index (χ2v) is 7.59. The van der Waals surface area contributed by atoms with Crippen molar-refractivity contribution in [2.75, 3.05) is 16.8 Å². The van der Waals surface area contributed by atoms with Gasteiger partial charge in [0.15, 0.2) is 0 Å². The Kier molecular flexibility index (Phi) is 6.49. The maximum Gasteiger partial charge on any atom is 0.417 e. The van der Waals surface area contributed by atoms with Gasteiger partial charge >= 0.3 is 6.09 Å². The highest BCUT2D eigenvalue weighted by Gasteiger charge is 2.35. The van der Waals surface area contributed by atoms with E-state index < -0.39 is 6.09 Å². The molecule has 8 nitrogen and oxygen atoms in total. The van der Waals surface area contributed by atoms with E-state index in [2.05, 4.69) is 20.3 Å². The molecule has 1 aliphatic rings. The van der Waals surface area contributed by atoms with Crippen molar-refractivity contribution in [3.63, 3.8) is 0 Å². The highest BCUT2D eigenvalue weighted by atomic mass is 16.6. The van der Waals surface area contributed by atoms with E-state index in [1.807, 2.05) is 75.4 Å². The van der Waals surface area contributed by atoms with Crippen LogP contribution in [0, 0.1) is 0 Å². The molecule has 0 unspecified atom stereocenters. The number of carbonyl (C=O) groups is 1. The highest BCUT2D eigenvalue weighted by molar-refractivity contribution is 5.88. The summed E-state index contributed by atoms with van der Waals surface area (Å²) >= 11 is 0. The molecule has 1 fully saturated rings. The van der Waals surface area contributed by atoms with Gasteiger partial charge in [-0.25, -0.2) is 9.69 Å². The lowest BCUT2D eigenvalue weighted by Crippen LogP contribution is -2.35. The van der Waals surface area contributed by atoms with Crippen LogP contribution in [0.2, 0.25) is 0 Å². The molecule has 1 aromatic heterocycles. The number of carbonyl (C=O) groups excluding carboxylic acids is 1. The monoisotopic (exact) mass is 433 g/mol. The van der Waals surface area contributed by atoms with E-state index in [0.29, 0.717) is 30.7 Å². The first-order chi connectivity index (χ1) is 15.6. The molecule has 166 valence electrons. The topological polar surface area (TPSA) is 89.5 Å². The number of rotatable bonds is 8. The maximum absolute atomic E-state index is 12.2. The number of para-hydroxylation sites is 1. The highest BCUT2D eigenvalue weighted by Crippen LogP contribution is 2.26. The lowest BCUT2D eigenvalue weighted by atomic mass is 10.1. The minimum atomic E-state index is -0.418. The molecule has 1 amide bonds. The summed E-state index contributed by atoms with van der Waals surface area (Å²) in [7, 11) is 0. The molecule has 1 saturated heterocycles. The van der Waals surface area contributed by atoms with Gasteiger partial charge in [0, 0.05) is 6.42 Å². The first kappa shape index (κ1) is 21.5. The van der Waals surface area contributed by atoms with E-state index >= 15 is 0 Å². The fourth-order valence-electron chi connectivity index (χ4n) is 3.47. The summed E-state index contributed by atoms with van der Waals surface area (Å²) in [4.78, 5) is 27.2. The Bertz CT molecular complexity index is 1060. The van der Waals surface area contributed by atoms with E-state index in [4.69, 9.17) is 9.47 Å². The van der Waals surface area contributed by atoms with Crippen LogP contribution in [0.4, 0.5) is 16.7 Å². The van der Waals surface area contributed by atoms with Crippen molar-refractivity contribution in [2.24, 2.45) is 0 Å². The Balaban J connectivity index is 1.50. The zero-order valence-corrected chi connectivity index (χ0v) is 18.5. The molecule has 2 atom stereocenters. The Morgan fingerprint density at radius 2 is 1.78 bits per heavy atom. The van der Waals surface area contributed by atoms with Crippen molar-refractivity contribution in [1.29, 1.82) is 0 Å². The predicted octanol–water partition coefficient (Wildman–Crippen LogP) is 5.13. The number of nitrogens with one attached hydrogen (secondary N) is 1. The van der Waals surface area contributed by atoms with Crippen LogP contribution in [0.25, 0.3) is 0 Å². The summed E-state index contributed by atoms with van der Waals surface area (Å²) in [6, 6.07) is 17.4. The van der Waals surface area contributed by atoms with Crippen molar-refractivity contribution < 1.29 is 14.3 Å². The van der Waals surface area contributed by atoms with Gasteiger partial charge in [0.1, 0.15) is 23.9 Å². The van der Waals surface area contributed by atoms with Gasteiger partial charge in [0.25, 0.3) is 0 Å². The van der Waals surface area contributed by atoms with Gasteiger partial charge < -0.3 is 14.8 Å².